The van der Waals surface area contributed by atoms with E-state index < -0.39 is 5.41 Å². The summed E-state index contributed by atoms with van der Waals surface area (Å²) in [4.78, 5) is 28.5. The second-order valence-electron chi connectivity index (χ2n) is 7.28. The molecule has 1 aliphatic heterocycles. The van der Waals surface area contributed by atoms with Crippen LogP contribution in [0.25, 0.3) is 11.3 Å². The molecular formula is C19H23N3O3. The van der Waals surface area contributed by atoms with Gasteiger partial charge < -0.3 is 14.3 Å². The van der Waals surface area contributed by atoms with Crippen molar-refractivity contribution >= 4 is 11.8 Å². The zero-order valence-electron chi connectivity index (χ0n) is 14.9. The minimum atomic E-state index is -0.400. The summed E-state index contributed by atoms with van der Waals surface area (Å²) in [5.74, 6) is 0.534. The third kappa shape index (κ3) is 3.73. The van der Waals surface area contributed by atoms with Crippen LogP contribution in [0.2, 0.25) is 0 Å². The van der Waals surface area contributed by atoms with E-state index in [0.29, 0.717) is 37.6 Å². The molecule has 0 N–H and O–H groups in total. The smallest absolute Gasteiger partial charge is 0.276 e. The zero-order chi connectivity index (χ0) is 18.0. The highest BCUT2D eigenvalue weighted by atomic mass is 16.5. The van der Waals surface area contributed by atoms with E-state index in [4.69, 9.17) is 4.52 Å². The van der Waals surface area contributed by atoms with Gasteiger partial charge in [0.2, 0.25) is 5.91 Å². The van der Waals surface area contributed by atoms with E-state index >= 15 is 0 Å². The molecule has 0 atom stereocenters. The number of nitrogens with zero attached hydrogens (tertiary/aromatic N) is 3. The molecule has 132 valence electrons. The molecule has 1 aromatic carbocycles. The number of aromatic nitrogens is 1. The van der Waals surface area contributed by atoms with Gasteiger partial charge in [-0.1, -0.05) is 56.3 Å². The Morgan fingerprint density at radius 3 is 2.20 bits per heavy atom. The van der Waals surface area contributed by atoms with Crippen LogP contribution in [0, 0.1) is 5.41 Å². The molecule has 1 fully saturated rings. The van der Waals surface area contributed by atoms with Gasteiger partial charge in [0.05, 0.1) is 0 Å². The Morgan fingerprint density at radius 2 is 1.60 bits per heavy atom. The summed E-state index contributed by atoms with van der Waals surface area (Å²) in [6.07, 6.45) is 0. The first-order chi connectivity index (χ1) is 11.9. The number of amides is 2. The van der Waals surface area contributed by atoms with Crippen LogP contribution in [0.5, 0.6) is 0 Å². The van der Waals surface area contributed by atoms with E-state index in [9.17, 15) is 9.59 Å². The SMILES string of the molecule is CC(C)(C)C(=O)N1CCN(C(=O)c2cc(-c3ccccc3)on2)CC1. The van der Waals surface area contributed by atoms with Gasteiger partial charge in [-0.25, -0.2) is 0 Å². The second kappa shape index (κ2) is 6.70. The first kappa shape index (κ1) is 17.2. The molecule has 0 spiro atoms. The Bertz CT molecular complexity index is 754. The highest BCUT2D eigenvalue weighted by molar-refractivity contribution is 5.93. The predicted octanol–water partition coefficient (Wildman–Crippen LogP) is 2.67. The van der Waals surface area contributed by atoms with E-state index in [0.717, 1.165) is 5.56 Å². The van der Waals surface area contributed by atoms with E-state index in [1.54, 1.807) is 11.0 Å². The molecule has 2 amide bonds. The van der Waals surface area contributed by atoms with Crippen molar-refractivity contribution < 1.29 is 14.1 Å². The Morgan fingerprint density at radius 1 is 1.00 bits per heavy atom. The number of benzene rings is 1. The lowest BCUT2D eigenvalue weighted by molar-refractivity contribution is -0.140. The number of hydrogen-bond donors (Lipinski definition) is 0. The fraction of sp³-hybridized carbons (Fsp3) is 0.421. The van der Waals surface area contributed by atoms with Crippen molar-refractivity contribution in [3.05, 3.63) is 42.1 Å². The molecule has 0 bridgehead atoms. The lowest BCUT2D eigenvalue weighted by Gasteiger charge is -2.37. The van der Waals surface area contributed by atoms with Crippen LogP contribution in [0.4, 0.5) is 0 Å². The van der Waals surface area contributed by atoms with Crippen LogP contribution in [-0.2, 0) is 4.79 Å². The van der Waals surface area contributed by atoms with Crippen molar-refractivity contribution in [1.29, 1.82) is 0 Å². The van der Waals surface area contributed by atoms with Gasteiger partial charge in [0, 0.05) is 43.2 Å². The van der Waals surface area contributed by atoms with Gasteiger partial charge >= 0.3 is 0 Å². The fourth-order valence-electron chi connectivity index (χ4n) is 2.86. The summed E-state index contributed by atoms with van der Waals surface area (Å²) in [6.45, 7) is 7.84. The molecule has 6 heteroatoms. The monoisotopic (exact) mass is 341 g/mol. The molecule has 25 heavy (non-hydrogen) atoms. The standard InChI is InChI=1S/C19H23N3O3/c1-19(2,3)18(24)22-11-9-21(10-12-22)17(23)15-13-16(25-20-15)14-7-5-4-6-8-14/h4-8,13H,9-12H2,1-3H3. The molecule has 2 heterocycles. The average molecular weight is 341 g/mol. The average Bonchev–Trinajstić information content (AvgIpc) is 3.11. The van der Waals surface area contributed by atoms with E-state index in [1.807, 2.05) is 56.0 Å². The van der Waals surface area contributed by atoms with Crippen LogP contribution in [0.1, 0.15) is 31.3 Å². The first-order valence-corrected chi connectivity index (χ1v) is 8.47. The predicted molar refractivity (Wildman–Crippen MR) is 93.9 cm³/mol. The van der Waals surface area contributed by atoms with Crippen LogP contribution in [-0.4, -0.2) is 52.9 Å². The lowest BCUT2D eigenvalue weighted by atomic mass is 9.94. The summed E-state index contributed by atoms with van der Waals surface area (Å²) in [7, 11) is 0. The molecule has 0 unspecified atom stereocenters. The number of piperazine rings is 1. The molecular weight excluding hydrogens is 318 g/mol. The van der Waals surface area contributed by atoms with Crippen LogP contribution in [0.3, 0.4) is 0 Å². The molecule has 1 aliphatic rings. The maximum absolute atomic E-state index is 12.6. The van der Waals surface area contributed by atoms with Gasteiger partial charge in [0.1, 0.15) is 0 Å². The maximum Gasteiger partial charge on any atom is 0.276 e. The highest BCUT2D eigenvalue weighted by Crippen LogP contribution is 2.22. The maximum atomic E-state index is 12.6. The van der Waals surface area contributed by atoms with Gasteiger partial charge in [-0.15, -0.1) is 0 Å². The van der Waals surface area contributed by atoms with Crippen molar-refractivity contribution in [1.82, 2.24) is 15.0 Å². The van der Waals surface area contributed by atoms with Gasteiger partial charge in [-0.05, 0) is 0 Å². The van der Waals surface area contributed by atoms with E-state index in [2.05, 4.69) is 5.16 Å². The fourth-order valence-corrected chi connectivity index (χ4v) is 2.86. The summed E-state index contributed by atoms with van der Waals surface area (Å²) in [5, 5.41) is 3.91. The van der Waals surface area contributed by atoms with E-state index in [-0.39, 0.29) is 11.8 Å². The quantitative estimate of drug-likeness (QED) is 0.842. The Kier molecular flexibility index (Phi) is 4.61. The molecule has 3 rings (SSSR count). The van der Waals surface area contributed by atoms with Crippen molar-refractivity contribution in [3.63, 3.8) is 0 Å². The molecule has 1 aromatic heterocycles. The molecule has 0 aliphatic carbocycles. The largest absolute Gasteiger partial charge is 0.355 e. The van der Waals surface area contributed by atoms with Crippen molar-refractivity contribution in [2.24, 2.45) is 5.41 Å². The summed E-state index contributed by atoms with van der Waals surface area (Å²) < 4.78 is 5.30. The Labute approximate surface area is 147 Å². The number of rotatable bonds is 2. The molecule has 6 nitrogen and oxygen atoms in total. The minimum Gasteiger partial charge on any atom is -0.355 e. The van der Waals surface area contributed by atoms with Gasteiger partial charge in [0.25, 0.3) is 5.91 Å². The first-order valence-electron chi connectivity index (χ1n) is 8.47. The third-order valence-electron chi connectivity index (χ3n) is 4.28. The third-order valence-corrected chi connectivity index (χ3v) is 4.28. The Hall–Kier alpha value is -2.63. The zero-order valence-corrected chi connectivity index (χ0v) is 14.9. The number of hydrogen-bond acceptors (Lipinski definition) is 4. The Balaban J connectivity index is 1.64. The van der Waals surface area contributed by atoms with E-state index in [1.165, 1.54) is 0 Å². The molecule has 1 saturated heterocycles. The van der Waals surface area contributed by atoms with Crippen molar-refractivity contribution in [3.8, 4) is 11.3 Å². The molecule has 2 aromatic rings. The minimum absolute atomic E-state index is 0.118. The molecule has 0 saturated carbocycles. The summed E-state index contributed by atoms with van der Waals surface area (Å²) in [6, 6.07) is 11.2. The molecule has 0 radical (unpaired) electrons. The topological polar surface area (TPSA) is 66.7 Å². The van der Waals surface area contributed by atoms with Gasteiger partial charge in [-0.3, -0.25) is 9.59 Å². The second-order valence-corrected chi connectivity index (χ2v) is 7.28. The lowest BCUT2D eigenvalue weighted by Crippen LogP contribution is -2.53. The van der Waals surface area contributed by atoms with Crippen LogP contribution >= 0.6 is 0 Å². The highest BCUT2D eigenvalue weighted by Gasteiger charge is 2.31. The van der Waals surface area contributed by atoms with Crippen molar-refractivity contribution in [2.45, 2.75) is 20.8 Å². The van der Waals surface area contributed by atoms with Crippen LogP contribution in [0.15, 0.2) is 40.9 Å². The number of carbonyl (C=O) groups excluding carboxylic acids is 2. The van der Waals surface area contributed by atoms with Gasteiger partial charge in [0.15, 0.2) is 11.5 Å². The van der Waals surface area contributed by atoms with Gasteiger partial charge in [-0.2, -0.15) is 0 Å². The van der Waals surface area contributed by atoms with Crippen molar-refractivity contribution in [2.75, 3.05) is 26.2 Å². The summed E-state index contributed by atoms with van der Waals surface area (Å²) >= 11 is 0. The van der Waals surface area contributed by atoms with Crippen LogP contribution < -0.4 is 0 Å². The number of carbonyl (C=O) groups is 2. The normalized spacial score (nSPS) is 15.3. The summed E-state index contributed by atoms with van der Waals surface area (Å²) in [5.41, 5.74) is 0.784.